The van der Waals surface area contributed by atoms with Crippen molar-refractivity contribution >= 4 is 44.5 Å². The van der Waals surface area contributed by atoms with Crippen LogP contribution in [0.1, 0.15) is 19.2 Å². The molecular weight excluding hydrogens is 418 g/mol. The minimum Gasteiger partial charge on any atom is -0.480 e. The van der Waals surface area contributed by atoms with Crippen LogP contribution in [-0.4, -0.2) is 28.5 Å². The summed E-state index contributed by atoms with van der Waals surface area (Å²) in [7, 11) is 0. The lowest BCUT2D eigenvalue weighted by Gasteiger charge is -2.15. The lowest BCUT2D eigenvalue weighted by molar-refractivity contribution is -0.127. The van der Waals surface area contributed by atoms with E-state index in [4.69, 9.17) is 16.3 Å². The number of nitrogens with zero attached hydrogens (tertiary/aromatic N) is 1. The molecule has 0 aliphatic carbocycles. The van der Waals surface area contributed by atoms with Gasteiger partial charge < -0.3 is 15.0 Å². The van der Waals surface area contributed by atoms with E-state index in [0.29, 0.717) is 17.3 Å². The molecule has 0 saturated carbocycles. The number of H-pyrrole nitrogens is 1. The standard InChI is InChI=1S/C19H19BrClN3O2/c1-12(26-17-9-8-13(21)11-14(17)20)19(25)22-10-4-7-18-23-15-5-2-3-6-16(15)24-18/h2-3,5-6,8-9,11-12H,4,7,10H2,1H3,(H,22,25)(H,23,24). The van der Waals surface area contributed by atoms with Crippen LogP contribution in [0.25, 0.3) is 11.0 Å². The highest BCUT2D eigenvalue weighted by atomic mass is 79.9. The lowest BCUT2D eigenvalue weighted by atomic mass is 10.3. The highest BCUT2D eigenvalue weighted by Gasteiger charge is 2.15. The highest BCUT2D eigenvalue weighted by molar-refractivity contribution is 9.10. The van der Waals surface area contributed by atoms with Gasteiger partial charge >= 0.3 is 0 Å². The van der Waals surface area contributed by atoms with Crippen LogP contribution in [0.5, 0.6) is 5.75 Å². The van der Waals surface area contributed by atoms with Gasteiger partial charge in [-0.05, 0) is 59.6 Å². The average molecular weight is 437 g/mol. The number of ether oxygens (including phenoxy) is 1. The Bertz CT molecular complexity index is 880. The van der Waals surface area contributed by atoms with E-state index >= 15 is 0 Å². The molecule has 0 aliphatic rings. The Balaban J connectivity index is 1.44. The molecule has 0 saturated heterocycles. The molecule has 0 fully saturated rings. The number of rotatable bonds is 7. The number of amides is 1. The molecule has 1 unspecified atom stereocenters. The van der Waals surface area contributed by atoms with Gasteiger partial charge in [0.15, 0.2) is 6.10 Å². The van der Waals surface area contributed by atoms with E-state index in [-0.39, 0.29) is 5.91 Å². The van der Waals surface area contributed by atoms with E-state index in [1.165, 1.54) is 0 Å². The fraction of sp³-hybridized carbons (Fsp3) is 0.263. The number of benzene rings is 2. The summed E-state index contributed by atoms with van der Waals surface area (Å²) in [5, 5.41) is 3.49. The molecule has 3 aromatic rings. The molecular formula is C19H19BrClN3O2. The molecule has 2 aromatic carbocycles. The van der Waals surface area contributed by atoms with Crippen molar-refractivity contribution in [1.82, 2.24) is 15.3 Å². The molecule has 5 nitrogen and oxygen atoms in total. The van der Waals surface area contributed by atoms with Crippen LogP contribution in [0, 0.1) is 0 Å². The molecule has 136 valence electrons. The first-order chi connectivity index (χ1) is 12.5. The first-order valence-corrected chi connectivity index (χ1v) is 9.53. The molecule has 0 spiro atoms. The van der Waals surface area contributed by atoms with Crippen molar-refractivity contribution in [2.24, 2.45) is 0 Å². The number of para-hydroxylation sites is 2. The Morgan fingerprint density at radius 3 is 2.92 bits per heavy atom. The summed E-state index contributed by atoms with van der Waals surface area (Å²) in [6, 6.07) is 13.1. The zero-order valence-corrected chi connectivity index (χ0v) is 16.6. The molecule has 3 rings (SSSR count). The third kappa shape index (κ3) is 4.77. The normalized spacial score (nSPS) is 12.1. The molecule has 1 heterocycles. The van der Waals surface area contributed by atoms with Gasteiger partial charge in [-0.15, -0.1) is 0 Å². The van der Waals surface area contributed by atoms with E-state index in [1.807, 2.05) is 24.3 Å². The molecule has 1 atom stereocenters. The number of hydrogen-bond donors (Lipinski definition) is 2. The van der Waals surface area contributed by atoms with Crippen molar-refractivity contribution in [2.45, 2.75) is 25.9 Å². The zero-order valence-electron chi connectivity index (χ0n) is 14.3. The maximum atomic E-state index is 12.2. The van der Waals surface area contributed by atoms with Crippen LogP contribution in [0.2, 0.25) is 5.02 Å². The van der Waals surface area contributed by atoms with E-state index in [9.17, 15) is 4.79 Å². The highest BCUT2D eigenvalue weighted by Crippen LogP contribution is 2.28. The summed E-state index contributed by atoms with van der Waals surface area (Å²) in [5.74, 6) is 1.35. The lowest BCUT2D eigenvalue weighted by Crippen LogP contribution is -2.37. The SMILES string of the molecule is CC(Oc1ccc(Cl)cc1Br)C(=O)NCCCc1nc2ccccc2[nH]1. The van der Waals surface area contributed by atoms with Crippen LogP contribution in [0.3, 0.4) is 0 Å². The Kier molecular flexibility index (Phi) is 6.16. The molecule has 26 heavy (non-hydrogen) atoms. The van der Waals surface area contributed by atoms with Gasteiger partial charge in [0.2, 0.25) is 0 Å². The number of carbonyl (C=O) groups excluding carboxylic acids is 1. The predicted molar refractivity (Wildman–Crippen MR) is 107 cm³/mol. The first-order valence-electron chi connectivity index (χ1n) is 8.36. The molecule has 0 radical (unpaired) electrons. The fourth-order valence-corrected chi connectivity index (χ4v) is 3.33. The molecule has 7 heteroatoms. The Morgan fingerprint density at radius 2 is 2.15 bits per heavy atom. The minimum absolute atomic E-state index is 0.156. The van der Waals surface area contributed by atoms with Crippen molar-refractivity contribution in [1.29, 1.82) is 0 Å². The number of halogens is 2. The van der Waals surface area contributed by atoms with Crippen LogP contribution in [0.15, 0.2) is 46.9 Å². The number of aryl methyl sites for hydroxylation is 1. The van der Waals surface area contributed by atoms with E-state index in [2.05, 4.69) is 31.2 Å². The minimum atomic E-state index is -0.598. The summed E-state index contributed by atoms with van der Waals surface area (Å²) in [6.07, 6.45) is 0.967. The Morgan fingerprint density at radius 1 is 1.35 bits per heavy atom. The van der Waals surface area contributed by atoms with Crippen LogP contribution >= 0.6 is 27.5 Å². The second kappa shape index (κ2) is 8.56. The summed E-state index contributed by atoms with van der Waals surface area (Å²) in [6.45, 7) is 2.28. The van der Waals surface area contributed by atoms with Gasteiger partial charge in [-0.25, -0.2) is 4.98 Å². The third-order valence-electron chi connectivity index (χ3n) is 3.89. The van der Waals surface area contributed by atoms with Crippen LogP contribution in [0.4, 0.5) is 0 Å². The Hall–Kier alpha value is -2.05. The van der Waals surface area contributed by atoms with Crippen molar-refractivity contribution in [2.75, 3.05) is 6.54 Å². The second-order valence-corrected chi connectivity index (χ2v) is 7.22. The number of aromatic nitrogens is 2. The molecule has 1 aromatic heterocycles. The number of nitrogens with one attached hydrogen (secondary N) is 2. The van der Waals surface area contributed by atoms with Crippen molar-refractivity contribution < 1.29 is 9.53 Å². The van der Waals surface area contributed by atoms with Gasteiger partial charge in [-0.1, -0.05) is 23.7 Å². The summed E-state index contributed by atoms with van der Waals surface area (Å²) in [5.41, 5.74) is 1.99. The summed E-state index contributed by atoms with van der Waals surface area (Å²) < 4.78 is 6.40. The third-order valence-corrected chi connectivity index (χ3v) is 4.75. The summed E-state index contributed by atoms with van der Waals surface area (Å²) >= 11 is 9.28. The quantitative estimate of drug-likeness (QED) is 0.536. The van der Waals surface area contributed by atoms with Crippen molar-refractivity contribution in [3.8, 4) is 5.75 Å². The van der Waals surface area contributed by atoms with E-state index < -0.39 is 6.10 Å². The van der Waals surface area contributed by atoms with Gasteiger partial charge in [-0.3, -0.25) is 4.79 Å². The fourth-order valence-electron chi connectivity index (χ4n) is 2.55. The topological polar surface area (TPSA) is 67.0 Å². The van der Waals surface area contributed by atoms with Gasteiger partial charge in [0.05, 0.1) is 15.5 Å². The van der Waals surface area contributed by atoms with Crippen molar-refractivity contribution in [3.63, 3.8) is 0 Å². The monoisotopic (exact) mass is 435 g/mol. The van der Waals surface area contributed by atoms with Gasteiger partial charge in [0.1, 0.15) is 11.6 Å². The molecule has 1 amide bonds. The van der Waals surface area contributed by atoms with Gasteiger partial charge in [0.25, 0.3) is 5.91 Å². The number of aromatic amines is 1. The number of carbonyl (C=O) groups is 1. The maximum absolute atomic E-state index is 12.2. The number of hydrogen-bond acceptors (Lipinski definition) is 3. The predicted octanol–water partition coefficient (Wildman–Crippen LogP) is 4.50. The van der Waals surface area contributed by atoms with Gasteiger partial charge in [-0.2, -0.15) is 0 Å². The van der Waals surface area contributed by atoms with E-state index in [1.54, 1.807) is 25.1 Å². The molecule has 0 bridgehead atoms. The van der Waals surface area contributed by atoms with Gasteiger partial charge in [0, 0.05) is 18.0 Å². The van der Waals surface area contributed by atoms with Crippen LogP contribution < -0.4 is 10.1 Å². The zero-order chi connectivity index (χ0) is 18.5. The smallest absolute Gasteiger partial charge is 0.260 e. The second-order valence-electron chi connectivity index (χ2n) is 5.93. The largest absolute Gasteiger partial charge is 0.480 e. The van der Waals surface area contributed by atoms with E-state index in [0.717, 1.165) is 34.2 Å². The number of imidazole rings is 1. The Labute approximate surface area is 165 Å². The average Bonchev–Trinajstić information content (AvgIpc) is 3.03. The first kappa shape index (κ1) is 18.7. The molecule has 2 N–H and O–H groups in total. The van der Waals surface area contributed by atoms with Crippen LogP contribution in [-0.2, 0) is 11.2 Å². The maximum Gasteiger partial charge on any atom is 0.260 e. The summed E-state index contributed by atoms with van der Waals surface area (Å²) in [4.78, 5) is 20.0. The van der Waals surface area contributed by atoms with Crippen molar-refractivity contribution in [3.05, 3.63) is 57.8 Å². The number of fused-ring (bicyclic) bond motifs is 1. The molecule has 0 aliphatic heterocycles.